The van der Waals surface area contributed by atoms with Crippen LogP contribution in [0.3, 0.4) is 0 Å². The number of hydrogen-bond acceptors (Lipinski definition) is 8. The Morgan fingerprint density at radius 2 is 1.85 bits per heavy atom. The van der Waals surface area contributed by atoms with E-state index < -0.39 is 35.0 Å². The molecular formula is C29H30FN5O3S. The van der Waals surface area contributed by atoms with Crippen LogP contribution in [0.5, 0.6) is 11.5 Å². The SMILES string of the molecule is Cc1cc(Oc2ccccc2)ccc1C1(N)C(=O)C(N)C2c3c1ccc(N)c3SC2C(=O)N[C@H]1CNC[C@H]1F. The van der Waals surface area contributed by atoms with Crippen molar-refractivity contribution in [2.45, 2.75) is 46.8 Å². The van der Waals surface area contributed by atoms with Gasteiger partial charge in [0.1, 0.15) is 23.2 Å². The number of halogens is 1. The molecule has 0 spiro atoms. The summed E-state index contributed by atoms with van der Waals surface area (Å²) in [5.74, 6) is -0.0909. The third-order valence-electron chi connectivity index (χ3n) is 7.96. The summed E-state index contributed by atoms with van der Waals surface area (Å²) >= 11 is 1.26. The summed E-state index contributed by atoms with van der Waals surface area (Å²) in [5, 5.41) is 5.01. The Hall–Kier alpha value is -3.44. The Morgan fingerprint density at radius 1 is 1.10 bits per heavy atom. The van der Waals surface area contributed by atoms with Crippen molar-refractivity contribution < 1.29 is 18.7 Å². The fourth-order valence-electron chi connectivity index (χ4n) is 6.02. The fraction of sp³-hybridized carbons (Fsp3) is 0.310. The molecule has 1 amide bonds. The molecule has 8 nitrogen and oxygen atoms in total. The number of nitrogens with two attached hydrogens (primary N) is 3. The van der Waals surface area contributed by atoms with Crippen LogP contribution in [-0.4, -0.2) is 48.3 Å². The summed E-state index contributed by atoms with van der Waals surface area (Å²) in [6.07, 6.45) is -1.18. The molecule has 0 bridgehead atoms. The first kappa shape index (κ1) is 25.8. The van der Waals surface area contributed by atoms with Crippen LogP contribution >= 0.6 is 11.8 Å². The standard InChI is InChI=1S/C29H30FN5O3S/c1-14-11-16(38-15-5-3-2-4-6-15)7-8-17(14)29(33)18-9-10-20(31)25-22(18)23(24(32)27(29)36)26(39-25)28(37)35-21-13-34-12-19(21)30/h2-11,19,21,23-24,26,34H,12-13,31-33H2,1H3,(H,35,37)/t19-,21+,23?,24?,26?,29?/m1/s1. The minimum Gasteiger partial charge on any atom is -0.457 e. The predicted molar refractivity (Wildman–Crippen MR) is 149 cm³/mol. The van der Waals surface area contributed by atoms with Gasteiger partial charge in [0.05, 0.1) is 17.3 Å². The van der Waals surface area contributed by atoms with Crippen LogP contribution in [0.15, 0.2) is 65.6 Å². The van der Waals surface area contributed by atoms with Crippen molar-refractivity contribution in [1.82, 2.24) is 10.6 Å². The Bertz CT molecular complexity index is 1470. The van der Waals surface area contributed by atoms with E-state index in [1.54, 1.807) is 24.3 Å². The Labute approximate surface area is 229 Å². The first-order chi connectivity index (χ1) is 18.7. The number of rotatable bonds is 5. The van der Waals surface area contributed by atoms with E-state index in [1.165, 1.54) is 11.8 Å². The number of anilines is 1. The molecule has 6 rings (SSSR count). The molecule has 1 fully saturated rings. The number of nitrogens with one attached hydrogen (secondary N) is 2. The number of benzene rings is 3. The zero-order chi connectivity index (χ0) is 27.5. The second-order valence-corrected chi connectivity index (χ2v) is 11.5. The van der Waals surface area contributed by atoms with Crippen molar-refractivity contribution in [3.63, 3.8) is 0 Å². The number of hydrogen-bond donors (Lipinski definition) is 5. The van der Waals surface area contributed by atoms with Gasteiger partial charge in [-0.15, -0.1) is 11.8 Å². The molecule has 0 radical (unpaired) electrons. The second-order valence-electron chi connectivity index (χ2n) is 10.4. The number of carbonyl (C=O) groups excluding carboxylic acids is 2. The van der Waals surface area contributed by atoms with Crippen LogP contribution < -0.4 is 32.6 Å². The number of thioether (sulfide) groups is 1. The summed E-state index contributed by atoms with van der Waals surface area (Å²) in [6.45, 7) is 2.40. The lowest BCUT2D eigenvalue weighted by atomic mass is 9.64. The van der Waals surface area contributed by atoms with Crippen LogP contribution in [0.25, 0.3) is 0 Å². The maximum atomic E-state index is 14.2. The Morgan fingerprint density at radius 3 is 2.54 bits per heavy atom. The lowest BCUT2D eigenvalue weighted by Gasteiger charge is -2.42. The molecule has 3 aliphatic rings. The number of alkyl halides is 1. The predicted octanol–water partition coefficient (Wildman–Crippen LogP) is 2.47. The summed E-state index contributed by atoms with van der Waals surface area (Å²) in [5.41, 5.74) is 21.6. The number of para-hydroxylation sites is 1. The number of amides is 1. The van der Waals surface area contributed by atoms with Gasteiger partial charge in [-0.05, 0) is 59.5 Å². The van der Waals surface area contributed by atoms with Crippen LogP contribution in [0.4, 0.5) is 10.1 Å². The van der Waals surface area contributed by atoms with Gasteiger partial charge >= 0.3 is 0 Å². The van der Waals surface area contributed by atoms with Crippen LogP contribution in [-0.2, 0) is 15.1 Å². The average Bonchev–Trinajstić information content (AvgIpc) is 3.52. The zero-order valence-corrected chi connectivity index (χ0v) is 22.1. The first-order valence-corrected chi connectivity index (χ1v) is 13.8. The summed E-state index contributed by atoms with van der Waals surface area (Å²) in [6, 6.07) is 16.6. The molecule has 3 aromatic rings. The Kier molecular flexibility index (Phi) is 6.38. The molecule has 0 saturated carbocycles. The molecule has 3 aromatic carbocycles. The quantitative estimate of drug-likeness (QED) is 0.306. The number of ketones is 1. The van der Waals surface area contributed by atoms with E-state index in [-0.39, 0.29) is 18.2 Å². The molecule has 10 heteroatoms. The fourth-order valence-corrected chi connectivity index (χ4v) is 7.47. The monoisotopic (exact) mass is 547 g/mol. The van der Waals surface area contributed by atoms with E-state index in [0.29, 0.717) is 39.8 Å². The van der Waals surface area contributed by atoms with Gasteiger partial charge in [-0.3, -0.25) is 9.59 Å². The highest BCUT2D eigenvalue weighted by Crippen LogP contribution is 2.56. The molecule has 2 aliphatic heterocycles. The molecule has 202 valence electrons. The van der Waals surface area contributed by atoms with Gasteiger partial charge in [0, 0.05) is 29.6 Å². The third-order valence-corrected chi connectivity index (χ3v) is 9.41. The summed E-state index contributed by atoms with van der Waals surface area (Å²) in [7, 11) is 0. The van der Waals surface area contributed by atoms with E-state index in [2.05, 4.69) is 10.6 Å². The highest BCUT2D eigenvalue weighted by molar-refractivity contribution is 8.01. The minimum atomic E-state index is -1.55. The van der Waals surface area contributed by atoms with Crippen molar-refractivity contribution in [3.8, 4) is 11.5 Å². The number of aryl methyl sites for hydroxylation is 1. The number of carbonyl (C=O) groups is 2. The van der Waals surface area contributed by atoms with Crippen molar-refractivity contribution in [2.75, 3.05) is 18.8 Å². The normalized spacial score (nSPS) is 29.2. The molecule has 6 atom stereocenters. The topological polar surface area (TPSA) is 145 Å². The maximum Gasteiger partial charge on any atom is 0.234 e. The van der Waals surface area contributed by atoms with E-state index in [0.717, 1.165) is 11.1 Å². The highest BCUT2D eigenvalue weighted by Gasteiger charge is 2.57. The van der Waals surface area contributed by atoms with Crippen molar-refractivity contribution in [3.05, 3.63) is 82.9 Å². The Balaban J connectivity index is 1.38. The molecule has 0 aromatic heterocycles. The number of Topliss-reactive ketones (excluding diaryl/α,β-unsaturated/α-hetero) is 1. The van der Waals surface area contributed by atoms with Gasteiger partial charge in [0.2, 0.25) is 5.91 Å². The minimum absolute atomic E-state index is 0.186. The number of nitrogen functional groups attached to an aromatic ring is 1. The van der Waals surface area contributed by atoms with E-state index in [9.17, 15) is 14.0 Å². The molecule has 1 saturated heterocycles. The van der Waals surface area contributed by atoms with E-state index >= 15 is 0 Å². The molecule has 39 heavy (non-hydrogen) atoms. The lowest BCUT2D eigenvalue weighted by Crippen LogP contribution is -2.61. The van der Waals surface area contributed by atoms with Gasteiger partial charge < -0.3 is 32.6 Å². The van der Waals surface area contributed by atoms with E-state index in [1.807, 2.05) is 43.3 Å². The lowest BCUT2D eigenvalue weighted by molar-refractivity contribution is -0.126. The van der Waals surface area contributed by atoms with Gasteiger partial charge in [-0.2, -0.15) is 0 Å². The molecular weight excluding hydrogens is 517 g/mol. The average molecular weight is 548 g/mol. The van der Waals surface area contributed by atoms with Gasteiger partial charge in [0.25, 0.3) is 0 Å². The zero-order valence-electron chi connectivity index (χ0n) is 21.3. The van der Waals surface area contributed by atoms with Crippen molar-refractivity contribution in [1.29, 1.82) is 0 Å². The third kappa shape index (κ3) is 4.10. The largest absolute Gasteiger partial charge is 0.457 e. The van der Waals surface area contributed by atoms with Crippen molar-refractivity contribution in [2.24, 2.45) is 11.5 Å². The van der Waals surface area contributed by atoms with Gasteiger partial charge in [-0.1, -0.05) is 30.3 Å². The number of ether oxygens (including phenoxy) is 1. The summed E-state index contributed by atoms with van der Waals surface area (Å²) < 4.78 is 20.2. The van der Waals surface area contributed by atoms with Crippen LogP contribution in [0.2, 0.25) is 0 Å². The maximum absolute atomic E-state index is 14.2. The summed E-state index contributed by atoms with van der Waals surface area (Å²) in [4.78, 5) is 28.1. The van der Waals surface area contributed by atoms with Gasteiger partial charge in [0.15, 0.2) is 5.78 Å². The smallest absolute Gasteiger partial charge is 0.234 e. The van der Waals surface area contributed by atoms with Gasteiger partial charge in [-0.25, -0.2) is 4.39 Å². The second kappa shape index (κ2) is 9.63. The molecule has 8 N–H and O–H groups in total. The first-order valence-electron chi connectivity index (χ1n) is 12.9. The highest BCUT2D eigenvalue weighted by atomic mass is 32.2. The molecule has 1 aliphatic carbocycles. The van der Waals surface area contributed by atoms with Crippen LogP contribution in [0, 0.1) is 6.92 Å². The molecule has 2 heterocycles. The molecule has 4 unspecified atom stereocenters. The van der Waals surface area contributed by atoms with Crippen LogP contribution in [0.1, 0.15) is 28.2 Å². The van der Waals surface area contributed by atoms with E-state index in [4.69, 9.17) is 21.9 Å². The van der Waals surface area contributed by atoms with Crippen molar-refractivity contribution >= 4 is 29.1 Å².